The van der Waals surface area contributed by atoms with Gasteiger partial charge in [-0.3, -0.25) is 9.48 Å². The lowest BCUT2D eigenvalue weighted by Crippen LogP contribution is -2.14. The van der Waals surface area contributed by atoms with Gasteiger partial charge in [0.05, 0.1) is 12.3 Å². The molecule has 21 heavy (non-hydrogen) atoms. The fourth-order valence-electron chi connectivity index (χ4n) is 1.87. The molecule has 0 saturated carbocycles. The van der Waals surface area contributed by atoms with Crippen molar-refractivity contribution in [1.82, 2.24) is 9.78 Å². The Balaban J connectivity index is 2.14. The third-order valence-corrected chi connectivity index (χ3v) is 2.84. The molecular formula is C16H17N3O2. The van der Waals surface area contributed by atoms with Crippen LogP contribution in [0.2, 0.25) is 0 Å². The lowest BCUT2D eigenvalue weighted by atomic mass is 10.1. The van der Waals surface area contributed by atoms with Gasteiger partial charge in [-0.25, -0.2) is 0 Å². The number of hydrogen-bond acceptors (Lipinski definition) is 3. The molecule has 0 aliphatic carbocycles. The van der Waals surface area contributed by atoms with E-state index in [-0.39, 0.29) is 12.5 Å². The van der Waals surface area contributed by atoms with Crippen molar-refractivity contribution >= 4 is 11.7 Å². The Hall–Kier alpha value is -2.58. The molecule has 108 valence electrons. The third kappa shape index (κ3) is 3.94. The molecule has 0 unspecified atom stereocenters. The first-order chi connectivity index (χ1) is 10.1. The number of benzene rings is 1. The Morgan fingerprint density at radius 1 is 1.43 bits per heavy atom. The topological polar surface area (TPSA) is 67.2 Å². The maximum Gasteiger partial charge on any atom is 0.256 e. The van der Waals surface area contributed by atoms with E-state index in [1.54, 1.807) is 29.9 Å². The van der Waals surface area contributed by atoms with Gasteiger partial charge in [0.15, 0.2) is 0 Å². The smallest absolute Gasteiger partial charge is 0.256 e. The van der Waals surface area contributed by atoms with E-state index in [1.807, 2.05) is 19.1 Å². The molecule has 2 aromatic rings. The minimum absolute atomic E-state index is 0.0347. The van der Waals surface area contributed by atoms with Gasteiger partial charge in [0.25, 0.3) is 5.91 Å². The molecule has 0 aliphatic heterocycles. The summed E-state index contributed by atoms with van der Waals surface area (Å²) in [4.78, 5) is 12.2. The van der Waals surface area contributed by atoms with Gasteiger partial charge in [-0.2, -0.15) is 5.10 Å². The fourth-order valence-corrected chi connectivity index (χ4v) is 1.87. The van der Waals surface area contributed by atoms with Gasteiger partial charge in [-0.05, 0) is 25.1 Å². The van der Waals surface area contributed by atoms with E-state index in [4.69, 9.17) is 5.11 Å². The molecule has 0 fully saturated rings. The third-order valence-electron chi connectivity index (χ3n) is 2.84. The number of anilines is 1. The second-order valence-corrected chi connectivity index (χ2v) is 4.60. The highest BCUT2D eigenvalue weighted by Gasteiger charge is 2.09. The zero-order valence-corrected chi connectivity index (χ0v) is 12.1. The van der Waals surface area contributed by atoms with E-state index in [9.17, 15) is 4.79 Å². The van der Waals surface area contributed by atoms with Crippen LogP contribution in [0.4, 0.5) is 5.82 Å². The highest BCUT2D eigenvalue weighted by Crippen LogP contribution is 2.11. The lowest BCUT2D eigenvalue weighted by molar-refractivity contribution is 0.102. The van der Waals surface area contributed by atoms with Crippen LogP contribution in [0.1, 0.15) is 28.0 Å². The highest BCUT2D eigenvalue weighted by molar-refractivity contribution is 6.04. The number of aryl methyl sites for hydroxylation is 2. The van der Waals surface area contributed by atoms with Crippen molar-refractivity contribution in [3.63, 3.8) is 0 Å². The molecule has 0 saturated heterocycles. The van der Waals surface area contributed by atoms with Crippen LogP contribution in [0.3, 0.4) is 0 Å². The number of amides is 1. The Morgan fingerprint density at radius 2 is 2.24 bits per heavy atom. The molecule has 1 amide bonds. The van der Waals surface area contributed by atoms with Crippen LogP contribution in [0.15, 0.2) is 30.3 Å². The number of aliphatic hydroxyl groups is 1. The first-order valence-corrected chi connectivity index (χ1v) is 6.62. The summed E-state index contributed by atoms with van der Waals surface area (Å²) in [6, 6.07) is 8.88. The van der Waals surface area contributed by atoms with Gasteiger partial charge in [-0.1, -0.05) is 17.9 Å². The van der Waals surface area contributed by atoms with Crippen LogP contribution in [0, 0.1) is 18.8 Å². The van der Waals surface area contributed by atoms with E-state index < -0.39 is 0 Å². The van der Waals surface area contributed by atoms with Crippen molar-refractivity contribution in [2.75, 3.05) is 11.9 Å². The van der Waals surface area contributed by atoms with Gasteiger partial charge in [0, 0.05) is 30.7 Å². The summed E-state index contributed by atoms with van der Waals surface area (Å²) in [6.45, 7) is 1.90. The van der Waals surface area contributed by atoms with Crippen LogP contribution in [-0.2, 0) is 7.05 Å². The molecule has 5 heteroatoms. The second-order valence-electron chi connectivity index (χ2n) is 4.60. The lowest BCUT2D eigenvalue weighted by Gasteiger charge is -2.05. The van der Waals surface area contributed by atoms with Gasteiger partial charge < -0.3 is 10.4 Å². The molecule has 1 heterocycles. The van der Waals surface area contributed by atoms with Crippen LogP contribution < -0.4 is 5.32 Å². The van der Waals surface area contributed by atoms with E-state index in [1.165, 1.54) is 0 Å². The first kappa shape index (κ1) is 14.8. The summed E-state index contributed by atoms with van der Waals surface area (Å²) in [5.41, 5.74) is 2.12. The molecule has 2 rings (SSSR count). The first-order valence-electron chi connectivity index (χ1n) is 6.62. The number of carbonyl (C=O) groups excluding carboxylic acids is 1. The summed E-state index contributed by atoms with van der Waals surface area (Å²) < 4.78 is 1.62. The fraction of sp³-hybridized carbons (Fsp3) is 0.250. The van der Waals surface area contributed by atoms with Crippen molar-refractivity contribution < 1.29 is 9.90 Å². The van der Waals surface area contributed by atoms with E-state index in [0.717, 1.165) is 11.3 Å². The van der Waals surface area contributed by atoms with Crippen molar-refractivity contribution in [2.24, 2.45) is 7.05 Å². The number of nitrogens with zero attached hydrogens (tertiary/aromatic N) is 2. The van der Waals surface area contributed by atoms with Crippen LogP contribution in [0.25, 0.3) is 0 Å². The second kappa shape index (κ2) is 6.73. The predicted molar refractivity (Wildman–Crippen MR) is 80.9 cm³/mol. The normalized spacial score (nSPS) is 9.86. The summed E-state index contributed by atoms with van der Waals surface area (Å²) in [6.07, 6.45) is 0.421. The monoisotopic (exact) mass is 283 g/mol. The largest absolute Gasteiger partial charge is 0.395 e. The molecule has 0 aliphatic rings. The average molecular weight is 283 g/mol. The molecule has 0 atom stereocenters. The number of carbonyl (C=O) groups is 1. The summed E-state index contributed by atoms with van der Waals surface area (Å²) >= 11 is 0. The number of nitrogens with one attached hydrogen (secondary N) is 1. The minimum atomic E-state index is -0.205. The molecule has 0 spiro atoms. The number of hydrogen-bond donors (Lipinski definition) is 2. The Kier molecular flexibility index (Phi) is 4.75. The Morgan fingerprint density at radius 3 is 2.90 bits per heavy atom. The summed E-state index contributed by atoms with van der Waals surface area (Å²) in [7, 11) is 1.78. The van der Waals surface area contributed by atoms with Crippen molar-refractivity contribution in [3.05, 3.63) is 47.2 Å². The van der Waals surface area contributed by atoms with Crippen LogP contribution in [-0.4, -0.2) is 27.4 Å². The van der Waals surface area contributed by atoms with E-state index >= 15 is 0 Å². The van der Waals surface area contributed by atoms with Gasteiger partial charge >= 0.3 is 0 Å². The molecule has 1 aromatic carbocycles. The Bertz CT molecular complexity index is 708. The van der Waals surface area contributed by atoms with E-state index in [0.29, 0.717) is 17.8 Å². The number of aliphatic hydroxyl groups excluding tert-OH is 1. The van der Waals surface area contributed by atoms with Gasteiger partial charge in [0.1, 0.15) is 5.82 Å². The number of rotatable bonds is 3. The molecular weight excluding hydrogens is 266 g/mol. The zero-order valence-electron chi connectivity index (χ0n) is 12.1. The molecule has 1 aromatic heterocycles. The van der Waals surface area contributed by atoms with Gasteiger partial charge in [-0.15, -0.1) is 0 Å². The predicted octanol–water partition coefficient (Wildman–Crippen LogP) is 1.71. The van der Waals surface area contributed by atoms with Crippen LogP contribution in [0.5, 0.6) is 0 Å². The Labute approximate surface area is 123 Å². The van der Waals surface area contributed by atoms with E-state index in [2.05, 4.69) is 22.3 Å². The zero-order chi connectivity index (χ0) is 15.2. The van der Waals surface area contributed by atoms with Gasteiger partial charge in [0.2, 0.25) is 0 Å². The molecule has 2 N–H and O–H groups in total. The average Bonchev–Trinajstić information content (AvgIpc) is 2.77. The summed E-state index contributed by atoms with van der Waals surface area (Å²) in [5, 5.41) is 15.7. The van der Waals surface area contributed by atoms with Crippen molar-refractivity contribution in [1.29, 1.82) is 0 Å². The maximum atomic E-state index is 12.2. The highest BCUT2D eigenvalue weighted by atomic mass is 16.2. The maximum absolute atomic E-state index is 12.2. The molecule has 0 bridgehead atoms. The molecule has 0 radical (unpaired) electrons. The number of aromatic nitrogens is 2. The molecule has 5 nitrogen and oxygen atoms in total. The summed E-state index contributed by atoms with van der Waals surface area (Å²) in [5.74, 6) is 6.19. The van der Waals surface area contributed by atoms with Crippen molar-refractivity contribution in [3.8, 4) is 11.8 Å². The SMILES string of the molecule is Cc1cc(NC(=O)c2cccc(C#CCCO)c2)n(C)n1. The standard InChI is InChI=1S/C16H17N3O2/c1-12-10-15(19(2)18-12)17-16(21)14-8-5-7-13(11-14)6-3-4-9-20/h5,7-8,10-11,20H,4,9H2,1-2H3,(H,17,21). The quantitative estimate of drug-likeness (QED) is 0.843. The van der Waals surface area contributed by atoms with Crippen molar-refractivity contribution in [2.45, 2.75) is 13.3 Å². The van der Waals surface area contributed by atoms with Crippen LogP contribution >= 0.6 is 0 Å². The minimum Gasteiger partial charge on any atom is -0.395 e.